The Kier molecular flexibility index (Phi) is 2.85. The van der Waals surface area contributed by atoms with E-state index in [1.807, 2.05) is 0 Å². The van der Waals surface area contributed by atoms with Crippen LogP contribution < -0.4 is 5.73 Å². The van der Waals surface area contributed by atoms with Gasteiger partial charge in [-0.3, -0.25) is 0 Å². The lowest BCUT2D eigenvalue weighted by Gasteiger charge is -2.03. The van der Waals surface area contributed by atoms with Crippen LogP contribution >= 0.6 is 23.8 Å². The van der Waals surface area contributed by atoms with Crippen molar-refractivity contribution in [2.75, 3.05) is 0 Å². The van der Waals surface area contributed by atoms with Crippen LogP contribution in [0.4, 0.5) is 0 Å². The molecule has 0 radical (unpaired) electrons. The number of carboxylic acids is 1. The maximum Gasteiger partial charge on any atom is 0.337 e. The zero-order chi connectivity index (χ0) is 10.0. The molecule has 1 aromatic carbocycles. The maximum atomic E-state index is 10.6. The Morgan fingerprint density at radius 3 is 2.46 bits per heavy atom. The third-order valence-electron chi connectivity index (χ3n) is 1.49. The van der Waals surface area contributed by atoms with E-state index in [2.05, 4.69) is 0 Å². The predicted molar refractivity (Wildman–Crippen MR) is 54.3 cm³/mol. The first kappa shape index (κ1) is 9.95. The van der Waals surface area contributed by atoms with Crippen molar-refractivity contribution in [1.29, 1.82) is 0 Å². The lowest BCUT2D eigenvalue weighted by atomic mass is 10.1. The minimum atomic E-state index is -1.09. The number of carbonyl (C=O) groups is 1. The topological polar surface area (TPSA) is 63.3 Å². The van der Waals surface area contributed by atoms with Crippen LogP contribution in [0.2, 0.25) is 5.02 Å². The Morgan fingerprint density at radius 2 is 2.00 bits per heavy atom. The Morgan fingerprint density at radius 1 is 1.46 bits per heavy atom. The zero-order valence-electron chi connectivity index (χ0n) is 6.45. The van der Waals surface area contributed by atoms with E-state index in [0.29, 0.717) is 5.56 Å². The summed E-state index contributed by atoms with van der Waals surface area (Å²) in [6.45, 7) is 0. The number of thiocarbonyl (C=S) groups is 1. The minimum Gasteiger partial charge on any atom is -0.478 e. The lowest BCUT2D eigenvalue weighted by molar-refractivity contribution is 0.0697. The molecule has 0 amide bonds. The van der Waals surface area contributed by atoms with Crippen molar-refractivity contribution >= 4 is 34.8 Å². The summed E-state index contributed by atoms with van der Waals surface area (Å²) in [6, 6.07) is 4.52. The Bertz CT molecular complexity index is 346. The first-order chi connectivity index (χ1) is 6.04. The summed E-state index contributed by atoms with van der Waals surface area (Å²) in [7, 11) is 0. The fourth-order valence-electron chi connectivity index (χ4n) is 0.887. The summed E-state index contributed by atoms with van der Waals surface area (Å²) in [5.41, 5.74) is 5.73. The van der Waals surface area contributed by atoms with E-state index in [9.17, 15) is 4.79 Å². The van der Waals surface area contributed by atoms with Gasteiger partial charge in [0.15, 0.2) is 0 Å². The molecule has 0 unspecified atom stereocenters. The second-order valence-corrected chi connectivity index (χ2v) is 3.15. The van der Waals surface area contributed by atoms with E-state index in [-0.39, 0.29) is 15.6 Å². The van der Waals surface area contributed by atoms with Gasteiger partial charge < -0.3 is 10.8 Å². The van der Waals surface area contributed by atoms with Gasteiger partial charge in [-0.1, -0.05) is 36.0 Å². The zero-order valence-corrected chi connectivity index (χ0v) is 8.02. The molecule has 5 heteroatoms. The first-order valence-corrected chi connectivity index (χ1v) is 4.14. The minimum absolute atomic E-state index is 0.00645. The van der Waals surface area contributed by atoms with Gasteiger partial charge in [0.1, 0.15) is 4.99 Å². The fraction of sp³-hybridized carbons (Fsp3) is 0. The van der Waals surface area contributed by atoms with Crippen molar-refractivity contribution in [2.24, 2.45) is 5.73 Å². The van der Waals surface area contributed by atoms with Crippen molar-refractivity contribution in [3.8, 4) is 0 Å². The van der Waals surface area contributed by atoms with Crippen LogP contribution in [0.3, 0.4) is 0 Å². The number of rotatable bonds is 2. The Hall–Kier alpha value is -1.13. The van der Waals surface area contributed by atoms with Crippen LogP contribution in [0, 0.1) is 0 Å². The number of benzene rings is 1. The molecule has 0 aliphatic heterocycles. The number of aromatic carboxylic acids is 1. The summed E-state index contributed by atoms with van der Waals surface area (Å²) in [4.78, 5) is 10.7. The number of hydrogen-bond donors (Lipinski definition) is 2. The predicted octanol–water partition coefficient (Wildman–Crippen LogP) is 1.67. The molecule has 0 bridgehead atoms. The van der Waals surface area contributed by atoms with E-state index in [1.165, 1.54) is 6.07 Å². The molecule has 1 rings (SSSR count). The fourth-order valence-corrected chi connectivity index (χ4v) is 1.42. The van der Waals surface area contributed by atoms with Crippen LogP contribution in [0.5, 0.6) is 0 Å². The molecule has 0 saturated carbocycles. The van der Waals surface area contributed by atoms with Crippen molar-refractivity contribution in [3.05, 3.63) is 34.3 Å². The van der Waals surface area contributed by atoms with Crippen LogP contribution in [-0.2, 0) is 0 Å². The van der Waals surface area contributed by atoms with Crippen LogP contribution in [0.25, 0.3) is 0 Å². The van der Waals surface area contributed by atoms with Crippen LogP contribution in [0.1, 0.15) is 15.9 Å². The molecule has 0 aliphatic rings. The van der Waals surface area contributed by atoms with Gasteiger partial charge in [-0.05, 0) is 6.07 Å². The van der Waals surface area contributed by atoms with Gasteiger partial charge in [-0.25, -0.2) is 4.79 Å². The van der Waals surface area contributed by atoms with Gasteiger partial charge in [0, 0.05) is 5.56 Å². The first-order valence-electron chi connectivity index (χ1n) is 3.35. The van der Waals surface area contributed by atoms with Crippen LogP contribution in [-0.4, -0.2) is 16.1 Å². The molecule has 0 aromatic heterocycles. The molecule has 0 saturated heterocycles. The number of hydrogen-bond acceptors (Lipinski definition) is 2. The van der Waals surface area contributed by atoms with E-state index in [0.717, 1.165) is 0 Å². The summed E-state index contributed by atoms with van der Waals surface area (Å²) in [5, 5.41) is 8.79. The Labute approximate surface area is 85.1 Å². The van der Waals surface area contributed by atoms with Crippen molar-refractivity contribution in [1.82, 2.24) is 0 Å². The quantitative estimate of drug-likeness (QED) is 0.737. The van der Waals surface area contributed by atoms with E-state index in [4.69, 9.17) is 34.7 Å². The molecule has 0 aliphatic carbocycles. The molecular weight excluding hydrogens is 210 g/mol. The standard InChI is InChI=1S/C8H6ClNO2S/c9-6-4(7(10)13)2-1-3-5(6)8(11)12/h1-3H,(H2,10,13)(H,11,12). The molecular formula is C8H6ClNO2S. The highest BCUT2D eigenvalue weighted by Gasteiger charge is 2.12. The molecule has 0 heterocycles. The number of halogens is 1. The SMILES string of the molecule is NC(=S)c1cccc(C(=O)O)c1Cl. The van der Waals surface area contributed by atoms with E-state index < -0.39 is 5.97 Å². The molecule has 0 atom stereocenters. The lowest BCUT2D eigenvalue weighted by Crippen LogP contribution is -2.11. The van der Waals surface area contributed by atoms with E-state index >= 15 is 0 Å². The van der Waals surface area contributed by atoms with E-state index in [1.54, 1.807) is 12.1 Å². The van der Waals surface area contributed by atoms with Crippen molar-refractivity contribution in [3.63, 3.8) is 0 Å². The highest BCUT2D eigenvalue weighted by Crippen LogP contribution is 2.20. The van der Waals surface area contributed by atoms with Crippen molar-refractivity contribution < 1.29 is 9.90 Å². The molecule has 3 nitrogen and oxygen atoms in total. The second kappa shape index (κ2) is 3.72. The third-order valence-corrected chi connectivity index (χ3v) is 2.12. The summed E-state index contributed by atoms with van der Waals surface area (Å²) >= 11 is 10.4. The van der Waals surface area contributed by atoms with Gasteiger partial charge in [0.05, 0.1) is 10.6 Å². The summed E-state index contributed by atoms with van der Waals surface area (Å²) < 4.78 is 0. The molecule has 0 fully saturated rings. The summed E-state index contributed by atoms with van der Waals surface area (Å²) in [6.07, 6.45) is 0. The monoisotopic (exact) mass is 215 g/mol. The van der Waals surface area contributed by atoms with Gasteiger partial charge in [0.25, 0.3) is 0 Å². The van der Waals surface area contributed by atoms with Crippen molar-refractivity contribution in [2.45, 2.75) is 0 Å². The number of carboxylic acid groups (broad SMARTS) is 1. The average molecular weight is 216 g/mol. The van der Waals surface area contributed by atoms with Gasteiger partial charge >= 0.3 is 5.97 Å². The smallest absolute Gasteiger partial charge is 0.337 e. The highest BCUT2D eigenvalue weighted by atomic mass is 35.5. The Balaban J connectivity index is 3.35. The normalized spacial score (nSPS) is 9.62. The second-order valence-electron chi connectivity index (χ2n) is 2.34. The molecule has 3 N–H and O–H groups in total. The highest BCUT2D eigenvalue weighted by molar-refractivity contribution is 7.80. The van der Waals surface area contributed by atoms with Gasteiger partial charge in [0.2, 0.25) is 0 Å². The van der Waals surface area contributed by atoms with Gasteiger partial charge in [-0.15, -0.1) is 0 Å². The molecule has 68 valence electrons. The molecule has 0 spiro atoms. The molecule has 13 heavy (non-hydrogen) atoms. The van der Waals surface area contributed by atoms with Crippen LogP contribution in [0.15, 0.2) is 18.2 Å². The number of nitrogens with two attached hydrogens (primary N) is 1. The maximum absolute atomic E-state index is 10.6. The molecule has 1 aromatic rings. The van der Waals surface area contributed by atoms with Gasteiger partial charge in [-0.2, -0.15) is 0 Å². The average Bonchev–Trinajstić information content (AvgIpc) is 2.03. The third kappa shape index (κ3) is 1.96. The summed E-state index contributed by atoms with van der Waals surface area (Å²) in [5.74, 6) is -1.09. The largest absolute Gasteiger partial charge is 0.478 e.